The molecule has 1 rings (SSSR count). The molecule has 0 aliphatic carbocycles. The van der Waals surface area contributed by atoms with Crippen LogP contribution >= 0.6 is 11.6 Å². The SMILES string of the molecule is CCCC(C)Oc1c(OC)cc(Cl)cc1C(=O)O. The Morgan fingerprint density at radius 3 is 2.67 bits per heavy atom. The average molecular weight is 273 g/mol. The fourth-order valence-corrected chi connectivity index (χ4v) is 1.88. The molecule has 0 aromatic heterocycles. The van der Waals surface area contributed by atoms with E-state index in [0.717, 1.165) is 12.8 Å². The molecule has 1 aromatic carbocycles. The summed E-state index contributed by atoms with van der Waals surface area (Å²) >= 11 is 5.84. The molecule has 0 radical (unpaired) electrons. The highest BCUT2D eigenvalue weighted by atomic mass is 35.5. The van der Waals surface area contributed by atoms with Crippen LogP contribution in [0.3, 0.4) is 0 Å². The standard InChI is InChI=1S/C13H17ClO4/c1-4-5-8(2)18-12-10(13(15)16)6-9(14)7-11(12)17-3/h6-8H,4-5H2,1-3H3,(H,15,16). The van der Waals surface area contributed by atoms with E-state index in [1.54, 1.807) is 6.07 Å². The lowest BCUT2D eigenvalue weighted by atomic mass is 10.1. The molecule has 0 amide bonds. The first kappa shape index (κ1) is 14.6. The molecule has 100 valence electrons. The van der Waals surface area contributed by atoms with Crippen LogP contribution < -0.4 is 9.47 Å². The first-order valence-corrected chi connectivity index (χ1v) is 6.14. The number of hydrogen-bond donors (Lipinski definition) is 1. The monoisotopic (exact) mass is 272 g/mol. The van der Waals surface area contributed by atoms with E-state index >= 15 is 0 Å². The van der Waals surface area contributed by atoms with Gasteiger partial charge < -0.3 is 14.6 Å². The highest BCUT2D eigenvalue weighted by Gasteiger charge is 2.20. The second-order valence-electron chi connectivity index (χ2n) is 4.01. The average Bonchev–Trinajstić information content (AvgIpc) is 2.30. The minimum atomic E-state index is -1.09. The Bertz CT molecular complexity index is 431. The van der Waals surface area contributed by atoms with Crippen molar-refractivity contribution in [2.45, 2.75) is 32.8 Å². The minimum Gasteiger partial charge on any atom is -0.493 e. The highest BCUT2D eigenvalue weighted by molar-refractivity contribution is 6.31. The Labute approximate surface area is 111 Å². The van der Waals surface area contributed by atoms with Gasteiger partial charge in [0.25, 0.3) is 0 Å². The number of benzene rings is 1. The Hall–Kier alpha value is -1.42. The predicted molar refractivity (Wildman–Crippen MR) is 70.0 cm³/mol. The molecule has 0 heterocycles. The van der Waals surface area contributed by atoms with Crippen molar-refractivity contribution in [1.82, 2.24) is 0 Å². The van der Waals surface area contributed by atoms with Gasteiger partial charge in [0.15, 0.2) is 11.5 Å². The summed E-state index contributed by atoms with van der Waals surface area (Å²) in [4.78, 5) is 11.2. The molecule has 0 saturated carbocycles. The topological polar surface area (TPSA) is 55.8 Å². The summed E-state index contributed by atoms with van der Waals surface area (Å²) in [5.41, 5.74) is 0.0160. The van der Waals surface area contributed by atoms with E-state index in [1.165, 1.54) is 13.2 Å². The summed E-state index contributed by atoms with van der Waals surface area (Å²) in [5.74, 6) is -0.521. The Kier molecular flexibility index (Phi) is 5.28. The van der Waals surface area contributed by atoms with Gasteiger partial charge in [0, 0.05) is 11.1 Å². The first-order chi connectivity index (χ1) is 8.49. The van der Waals surface area contributed by atoms with Crippen molar-refractivity contribution in [3.8, 4) is 11.5 Å². The number of carboxylic acids is 1. The number of carboxylic acid groups (broad SMARTS) is 1. The highest BCUT2D eigenvalue weighted by Crippen LogP contribution is 2.35. The van der Waals surface area contributed by atoms with Crippen LogP contribution in [0.5, 0.6) is 11.5 Å². The van der Waals surface area contributed by atoms with Crippen molar-refractivity contribution in [2.75, 3.05) is 7.11 Å². The lowest BCUT2D eigenvalue weighted by molar-refractivity contribution is 0.0688. The van der Waals surface area contributed by atoms with Crippen LogP contribution in [0.1, 0.15) is 37.0 Å². The summed E-state index contributed by atoms with van der Waals surface area (Å²) in [7, 11) is 1.45. The van der Waals surface area contributed by atoms with Gasteiger partial charge in [-0.3, -0.25) is 0 Å². The third-order valence-electron chi connectivity index (χ3n) is 2.48. The van der Waals surface area contributed by atoms with Crippen LogP contribution in [0.4, 0.5) is 0 Å². The molecule has 4 nitrogen and oxygen atoms in total. The second kappa shape index (κ2) is 6.50. The number of carbonyl (C=O) groups is 1. The quantitative estimate of drug-likeness (QED) is 0.859. The van der Waals surface area contributed by atoms with Crippen molar-refractivity contribution in [1.29, 1.82) is 0 Å². The summed E-state index contributed by atoms with van der Waals surface area (Å²) < 4.78 is 10.8. The molecule has 1 unspecified atom stereocenters. The Balaban J connectivity index is 3.16. The fourth-order valence-electron chi connectivity index (χ4n) is 1.67. The zero-order chi connectivity index (χ0) is 13.7. The fraction of sp³-hybridized carbons (Fsp3) is 0.462. The molecule has 0 aliphatic heterocycles. The molecule has 0 saturated heterocycles. The van der Waals surface area contributed by atoms with Crippen LogP contribution in [-0.4, -0.2) is 24.3 Å². The number of aromatic carboxylic acids is 1. The van der Waals surface area contributed by atoms with Crippen molar-refractivity contribution in [3.63, 3.8) is 0 Å². The number of rotatable bonds is 6. The molecular weight excluding hydrogens is 256 g/mol. The molecule has 0 aliphatic rings. The van der Waals surface area contributed by atoms with Crippen LogP contribution in [0, 0.1) is 0 Å². The lowest BCUT2D eigenvalue weighted by Gasteiger charge is -2.18. The predicted octanol–water partition coefficient (Wildman–Crippen LogP) is 3.61. The molecule has 1 atom stereocenters. The van der Waals surface area contributed by atoms with Crippen LogP contribution in [0.2, 0.25) is 5.02 Å². The molecule has 0 bridgehead atoms. The van der Waals surface area contributed by atoms with E-state index in [4.69, 9.17) is 26.2 Å². The van der Waals surface area contributed by atoms with Crippen molar-refractivity contribution in [3.05, 3.63) is 22.7 Å². The smallest absolute Gasteiger partial charge is 0.339 e. The molecule has 1 aromatic rings. The van der Waals surface area contributed by atoms with Gasteiger partial charge in [-0.2, -0.15) is 0 Å². The lowest BCUT2D eigenvalue weighted by Crippen LogP contribution is -2.14. The van der Waals surface area contributed by atoms with E-state index in [-0.39, 0.29) is 17.4 Å². The Morgan fingerprint density at radius 1 is 1.50 bits per heavy atom. The van der Waals surface area contributed by atoms with Gasteiger partial charge in [-0.1, -0.05) is 24.9 Å². The molecule has 1 N–H and O–H groups in total. The number of hydrogen-bond acceptors (Lipinski definition) is 3. The second-order valence-corrected chi connectivity index (χ2v) is 4.44. The number of methoxy groups -OCH3 is 1. The maximum Gasteiger partial charge on any atom is 0.339 e. The summed E-state index contributed by atoms with van der Waals surface area (Å²) in [6, 6.07) is 2.91. The van der Waals surface area contributed by atoms with Gasteiger partial charge in [-0.05, 0) is 19.4 Å². The van der Waals surface area contributed by atoms with Crippen molar-refractivity contribution < 1.29 is 19.4 Å². The van der Waals surface area contributed by atoms with Crippen LogP contribution in [-0.2, 0) is 0 Å². The van der Waals surface area contributed by atoms with Gasteiger partial charge in [-0.15, -0.1) is 0 Å². The van der Waals surface area contributed by atoms with E-state index in [1.807, 2.05) is 13.8 Å². The number of halogens is 1. The molecule has 0 fully saturated rings. The van der Waals surface area contributed by atoms with Crippen molar-refractivity contribution >= 4 is 17.6 Å². The van der Waals surface area contributed by atoms with E-state index in [0.29, 0.717) is 10.8 Å². The van der Waals surface area contributed by atoms with Gasteiger partial charge in [0.1, 0.15) is 5.56 Å². The largest absolute Gasteiger partial charge is 0.493 e. The minimum absolute atomic E-state index is 0.0160. The third-order valence-corrected chi connectivity index (χ3v) is 2.70. The normalized spacial score (nSPS) is 12.0. The van der Waals surface area contributed by atoms with Gasteiger partial charge >= 0.3 is 5.97 Å². The summed E-state index contributed by atoms with van der Waals surface area (Å²) in [6.07, 6.45) is 1.72. The van der Waals surface area contributed by atoms with E-state index in [9.17, 15) is 4.79 Å². The molecule has 18 heavy (non-hydrogen) atoms. The number of ether oxygens (including phenoxy) is 2. The van der Waals surface area contributed by atoms with Gasteiger partial charge in [0.2, 0.25) is 0 Å². The molecular formula is C13H17ClO4. The van der Waals surface area contributed by atoms with Crippen molar-refractivity contribution in [2.24, 2.45) is 0 Å². The third kappa shape index (κ3) is 3.53. The van der Waals surface area contributed by atoms with E-state index < -0.39 is 5.97 Å². The van der Waals surface area contributed by atoms with E-state index in [2.05, 4.69) is 0 Å². The first-order valence-electron chi connectivity index (χ1n) is 5.77. The molecule has 0 spiro atoms. The summed E-state index contributed by atoms with van der Waals surface area (Å²) in [6.45, 7) is 3.93. The zero-order valence-electron chi connectivity index (χ0n) is 10.7. The maximum atomic E-state index is 11.2. The van der Waals surface area contributed by atoms with Gasteiger partial charge in [-0.25, -0.2) is 4.79 Å². The molecule has 5 heteroatoms. The van der Waals surface area contributed by atoms with Gasteiger partial charge in [0.05, 0.1) is 13.2 Å². The Morgan fingerprint density at radius 2 is 2.17 bits per heavy atom. The van der Waals surface area contributed by atoms with Crippen LogP contribution in [0.25, 0.3) is 0 Å². The summed E-state index contributed by atoms with van der Waals surface area (Å²) in [5, 5.41) is 9.46. The maximum absolute atomic E-state index is 11.2. The van der Waals surface area contributed by atoms with Crippen LogP contribution in [0.15, 0.2) is 12.1 Å². The zero-order valence-corrected chi connectivity index (χ0v) is 11.5.